The van der Waals surface area contributed by atoms with Crippen molar-refractivity contribution in [3.05, 3.63) is 49.4 Å². The zero-order valence-electron chi connectivity index (χ0n) is 19.1. The smallest absolute Gasteiger partial charge is 0.542 e. The zero-order chi connectivity index (χ0) is 26.3. The van der Waals surface area contributed by atoms with Gasteiger partial charge in [-0.1, -0.05) is 26.3 Å². The monoisotopic (exact) mass is 508 g/mol. The van der Waals surface area contributed by atoms with Crippen molar-refractivity contribution in [1.29, 1.82) is 0 Å². The molecule has 0 aliphatic carbocycles. The number of hydrogen-bond donors (Lipinski definition) is 0. The molecular weight excluding hydrogens is 480 g/mol. The van der Waals surface area contributed by atoms with Crippen LogP contribution in [0.25, 0.3) is 0 Å². The van der Waals surface area contributed by atoms with E-state index >= 15 is 0 Å². The van der Waals surface area contributed by atoms with Crippen LogP contribution in [0, 0.1) is 0 Å². The molecule has 0 rings (SSSR count). The number of aliphatic carboxylic acids is 4. The van der Waals surface area contributed by atoms with Gasteiger partial charge in [0.25, 0.3) is 0 Å². The van der Waals surface area contributed by atoms with Crippen LogP contribution in [0.15, 0.2) is 49.4 Å². The van der Waals surface area contributed by atoms with Crippen LogP contribution in [-0.4, -0.2) is 50.3 Å². The summed E-state index contributed by atoms with van der Waals surface area (Å²) in [6.07, 6.45) is 0. The van der Waals surface area contributed by atoms with Gasteiger partial charge >= 0.3 is 21.7 Å². The SMILES string of the molecule is C=C(OCC)C(=O)[O-].C=C(OCC)C(=O)[O-].C=C(OCC)C(=O)[O-].C=C(OCC)C(=O)[O-].[Ti+4]. The van der Waals surface area contributed by atoms with Crippen LogP contribution >= 0.6 is 0 Å². The molecule has 0 aromatic rings. The second kappa shape index (κ2) is 26.8. The minimum absolute atomic E-state index is 0. The van der Waals surface area contributed by atoms with Gasteiger partial charge < -0.3 is 58.6 Å². The molecule has 0 aliphatic rings. The second-order valence-electron chi connectivity index (χ2n) is 4.57. The van der Waals surface area contributed by atoms with Crippen molar-refractivity contribution in [3.63, 3.8) is 0 Å². The van der Waals surface area contributed by atoms with Gasteiger partial charge in [0, 0.05) is 0 Å². The van der Waals surface area contributed by atoms with Gasteiger partial charge in [0.2, 0.25) is 0 Å². The third-order valence-corrected chi connectivity index (χ3v) is 2.18. The van der Waals surface area contributed by atoms with E-state index < -0.39 is 23.9 Å². The molecule has 12 nitrogen and oxygen atoms in total. The summed E-state index contributed by atoms with van der Waals surface area (Å²) >= 11 is 0. The van der Waals surface area contributed by atoms with E-state index in [1.807, 2.05) is 0 Å². The summed E-state index contributed by atoms with van der Waals surface area (Å²) in [6, 6.07) is 0. The van der Waals surface area contributed by atoms with Crippen LogP contribution in [0.1, 0.15) is 27.7 Å². The summed E-state index contributed by atoms with van der Waals surface area (Å²) in [6.45, 7) is 20.2. The Kier molecular flexibility index (Phi) is 32.6. The van der Waals surface area contributed by atoms with Crippen LogP contribution in [0.2, 0.25) is 0 Å². The predicted molar refractivity (Wildman–Crippen MR) is 103 cm³/mol. The van der Waals surface area contributed by atoms with Crippen molar-refractivity contribution in [2.24, 2.45) is 0 Å². The van der Waals surface area contributed by atoms with Crippen LogP contribution in [0.5, 0.6) is 0 Å². The maximum absolute atomic E-state index is 9.75. The van der Waals surface area contributed by atoms with Crippen molar-refractivity contribution in [2.45, 2.75) is 27.7 Å². The van der Waals surface area contributed by atoms with Crippen LogP contribution in [0.4, 0.5) is 0 Å². The van der Waals surface area contributed by atoms with E-state index in [1.54, 1.807) is 27.7 Å². The zero-order valence-corrected chi connectivity index (χ0v) is 20.6. The number of carbonyl (C=O) groups is 4. The molecule has 33 heavy (non-hydrogen) atoms. The van der Waals surface area contributed by atoms with Crippen LogP contribution in [0.3, 0.4) is 0 Å². The van der Waals surface area contributed by atoms with E-state index in [2.05, 4.69) is 45.3 Å². The molecule has 0 aliphatic heterocycles. The molecule has 0 saturated carbocycles. The topological polar surface area (TPSA) is 197 Å². The standard InChI is InChI=1S/4C5H8O3.Ti/c4*1-3-8-4(2)5(6)7;/h4*2-3H2,1H3,(H,6,7);/q;;;;+4/p-4. The molecule has 0 bridgehead atoms. The molecule has 184 valence electrons. The summed E-state index contributed by atoms with van der Waals surface area (Å²) in [4.78, 5) is 39.0. The van der Waals surface area contributed by atoms with E-state index in [9.17, 15) is 39.6 Å². The normalized spacial score (nSPS) is 7.88. The average molecular weight is 508 g/mol. The number of carbonyl (C=O) groups excluding carboxylic acids is 4. The largest absolute Gasteiger partial charge is 4.00 e. The third-order valence-electron chi connectivity index (χ3n) is 2.18. The van der Waals surface area contributed by atoms with Gasteiger partial charge in [-0.2, -0.15) is 0 Å². The van der Waals surface area contributed by atoms with Gasteiger partial charge in [-0.3, -0.25) is 0 Å². The fourth-order valence-corrected chi connectivity index (χ4v) is 0.933. The average Bonchev–Trinajstić information content (AvgIpc) is 2.70. The fraction of sp³-hybridized carbons (Fsp3) is 0.400. The molecule has 0 amide bonds. The van der Waals surface area contributed by atoms with Crippen molar-refractivity contribution < 1.29 is 80.3 Å². The predicted octanol–water partition coefficient (Wildman–Crippen LogP) is -2.86. The Labute approximate surface area is 207 Å². The quantitative estimate of drug-likeness (QED) is 0.149. The molecule has 0 N–H and O–H groups in total. The fourth-order valence-electron chi connectivity index (χ4n) is 0.933. The van der Waals surface area contributed by atoms with Gasteiger partial charge in [0.1, 0.15) is 46.9 Å². The summed E-state index contributed by atoms with van der Waals surface area (Å²) in [5, 5.41) is 39.0. The van der Waals surface area contributed by atoms with Gasteiger partial charge in [-0.15, -0.1) is 0 Å². The minimum atomic E-state index is -1.35. The van der Waals surface area contributed by atoms with E-state index in [-0.39, 0.29) is 44.8 Å². The maximum atomic E-state index is 9.75. The minimum Gasteiger partial charge on any atom is -0.542 e. The molecule has 0 spiro atoms. The van der Waals surface area contributed by atoms with Crippen LogP contribution < -0.4 is 20.4 Å². The van der Waals surface area contributed by atoms with E-state index in [4.69, 9.17) is 0 Å². The first kappa shape index (κ1) is 40.1. The third kappa shape index (κ3) is 33.6. The summed E-state index contributed by atoms with van der Waals surface area (Å²) in [5.41, 5.74) is 0. The second-order valence-corrected chi connectivity index (χ2v) is 4.57. The number of carboxylic acids is 4. The molecule has 0 aromatic carbocycles. The van der Waals surface area contributed by atoms with Crippen molar-refractivity contribution in [2.75, 3.05) is 26.4 Å². The molecule has 0 radical (unpaired) electrons. The number of hydrogen-bond acceptors (Lipinski definition) is 12. The molecule has 0 fully saturated rings. The van der Waals surface area contributed by atoms with E-state index in [0.717, 1.165) is 0 Å². The molecule has 13 heteroatoms. The Morgan fingerprint density at radius 3 is 0.636 bits per heavy atom. The summed E-state index contributed by atoms with van der Waals surface area (Å²) in [5.74, 6) is -6.67. The molecular formula is C20H28O12Ti. The molecule has 0 heterocycles. The van der Waals surface area contributed by atoms with Gasteiger partial charge in [0.05, 0.1) is 26.4 Å². The summed E-state index contributed by atoms with van der Waals surface area (Å²) in [7, 11) is 0. The Bertz CT molecular complexity index is 543. The first-order valence-electron chi connectivity index (χ1n) is 8.85. The first-order chi connectivity index (χ1) is 14.7. The van der Waals surface area contributed by atoms with E-state index in [0.29, 0.717) is 26.4 Å². The molecule has 0 saturated heterocycles. The Balaban J connectivity index is -0.000000105. The number of carboxylic acid groups (broad SMARTS) is 4. The Morgan fingerprint density at radius 1 is 0.485 bits per heavy atom. The van der Waals surface area contributed by atoms with Gasteiger partial charge in [0.15, 0.2) is 0 Å². The van der Waals surface area contributed by atoms with Gasteiger partial charge in [-0.05, 0) is 27.7 Å². The Hall–Kier alpha value is -3.25. The van der Waals surface area contributed by atoms with Crippen molar-refractivity contribution in [1.82, 2.24) is 0 Å². The van der Waals surface area contributed by atoms with Crippen molar-refractivity contribution in [3.8, 4) is 0 Å². The number of ether oxygens (including phenoxy) is 4. The first-order valence-corrected chi connectivity index (χ1v) is 8.85. The van der Waals surface area contributed by atoms with Crippen LogP contribution in [-0.2, 0) is 59.8 Å². The van der Waals surface area contributed by atoms with E-state index in [1.165, 1.54) is 0 Å². The van der Waals surface area contributed by atoms with Gasteiger partial charge in [-0.25, -0.2) is 0 Å². The molecule has 0 aromatic heterocycles. The van der Waals surface area contributed by atoms with Crippen molar-refractivity contribution >= 4 is 23.9 Å². The molecule has 0 unspecified atom stereocenters. The Morgan fingerprint density at radius 2 is 0.606 bits per heavy atom. The maximum Gasteiger partial charge on any atom is 4.00 e. The summed E-state index contributed by atoms with van der Waals surface area (Å²) < 4.78 is 17.8. The number of rotatable bonds is 12. The molecule has 0 atom stereocenters.